The fourth-order valence-corrected chi connectivity index (χ4v) is 3.72. The zero-order chi connectivity index (χ0) is 14.8. The predicted octanol–water partition coefficient (Wildman–Crippen LogP) is 4.06. The Kier molecular flexibility index (Phi) is 4.72. The first-order valence-corrected chi connectivity index (χ1v) is 9.43. The van der Waals surface area contributed by atoms with E-state index in [0.717, 1.165) is 15.7 Å². The lowest BCUT2D eigenvalue weighted by Gasteiger charge is -2.14. The van der Waals surface area contributed by atoms with Gasteiger partial charge < -0.3 is 5.32 Å². The minimum Gasteiger partial charge on any atom is -0.378 e. The van der Waals surface area contributed by atoms with Crippen molar-refractivity contribution in [3.63, 3.8) is 0 Å². The minimum absolute atomic E-state index is 0.194. The van der Waals surface area contributed by atoms with Crippen LogP contribution in [0.3, 0.4) is 0 Å². The normalized spacial score (nSPS) is 12.9. The van der Waals surface area contributed by atoms with E-state index >= 15 is 0 Å². The number of hydrogen-bond donors (Lipinski definition) is 2. The first kappa shape index (κ1) is 15.3. The van der Waals surface area contributed by atoms with Gasteiger partial charge in [0.05, 0.1) is 16.1 Å². The molecule has 1 aromatic heterocycles. The third-order valence-corrected chi connectivity index (χ3v) is 5.00. The smallest absolute Gasteiger partial charge is 0.229 e. The van der Waals surface area contributed by atoms with Crippen molar-refractivity contribution in [3.8, 4) is 0 Å². The van der Waals surface area contributed by atoms with Crippen molar-refractivity contribution < 1.29 is 8.42 Å². The summed E-state index contributed by atoms with van der Waals surface area (Å²) in [5.41, 5.74) is 1.51. The summed E-state index contributed by atoms with van der Waals surface area (Å²) in [6.45, 7) is 2.08. The lowest BCUT2D eigenvalue weighted by Crippen LogP contribution is -2.09. The molecule has 0 amide bonds. The molecule has 4 nitrogen and oxygen atoms in total. The van der Waals surface area contributed by atoms with Crippen LogP contribution in [0.25, 0.3) is 0 Å². The Balaban J connectivity index is 2.03. The molecule has 0 bridgehead atoms. The fraction of sp³-hybridized carbons (Fsp3) is 0.231. The Hall–Kier alpha value is -1.05. The molecule has 2 rings (SSSR count). The van der Waals surface area contributed by atoms with Gasteiger partial charge in [-0.1, -0.05) is 0 Å². The van der Waals surface area contributed by atoms with Crippen LogP contribution in [0, 0.1) is 0 Å². The molecule has 1 aromatic carbocycles. The van der Waals surface area contributed by atoms with Crippen LogP contribution in [0.15, 0.2) is 40.2 Å². The Bertz CT molecular complexity index is 681. The number of nitrogens with one attached hydrogen (secondary N) is 2. The van der Waals surface area contributed by atoms with Crippen LogP contribution in [0.5, 0.6) is 0 Å². The number of thiophene rings is 1. The largest absolute Gasteiger partial charge is 0.378 e. The summed E-state index contributed by atoms with van der Waals surface area (Å²) in [7, 11) is -3.23. The van der Waals surface area contributed by atoms with E-state index in [2.05, 4.69) is 39.0 Å². The molecule has 0 aliphatic rings. The van der Waals surface area contributed by atoms with Crippen LogP contribution in [0.1, 0.15) is 17.8 Å². The Labute approximate surface area is 131 Å². The fourth-order valence-electron chi connectivity index (χ4n) is 1.73. The third-order valence-electron chi connectivity index (χ3n) is 2.59. The lowest BCUT2D eigenvalue weighted by molar-refractivity contribution is 0.607. The molecule has 0 saturated carbocycles. The Morgan fingerprint density at radius 1 is 1.10 bits per heavy atom. The summed E-state index contributed by atoms with van der Waals surface area (Å²) < 4.78 is 25.8. The molecule has 2 aromatic rings. The van der Waals surface area contributed by atoms with Crippen LogP contribution in [0.4, 0.5) is 11.4 Å². The Morgan fingerprint density at radius 3 is 2.20 bits per heavy atom. The average molecular weight is 375 g/mol. The molecule has 1 atom stereocenters. The van der Waals surface area contributed by atoms with Gasteiger partial charge in [0.2, 0.25) is 10.0 Å². The van der Waals surface area contributed by atoms with E-state index in [4.69, 9.17) is 0 Å². The molecule has 0 fully saturated rings. The van der Waals surface area contributed by atoms with Gasteiger partial charge in [-0.25, -0.2) is 8.42 Å². The second-order valence-electron chi connectivity index (χ2n) is 4.46. The highest BCUT2D eigenvalue weighted by Gasteiger charge is 2.08. The van der Waals surface area contributed by atoms with Gasteiger partial charge in [0.25, 0.3) is 0 Å². The zero-order valence-corrected chi connectivity index (χ0v) is 14.3. The van der Waals surface area contributed by atoms with Crippen molar-refractivity contribution in [2.24, 2.45) is 0 Å². The summed E-state index contributed by atoms with van der Waals surface area (Å²) >= 11 is 5.14. The van der Waals surface area contributed by atoms with Crippen molar-refractivity contribution in [1.82, 2.24) is 0 Å². The first-order valence-electron chi connectivity index (χ1n) is 5.93. The second-order valence-corrected chi connectivity index (χ2v) is 8.70. The minimum atomic E-state index is -3.23. The number of halogens is 1. The molecule has 0 spiro atoms. The molecule has 0 aliphatic heterocycles. The highest BCUT2D eigenvalue weighted by Crippen LogP contribution is 2.29. The molecular weight excluding hydrogens is 360 g/mol. The molecule has 20 heavy (non-hydrogen) atoms. The molecule has 0 aliphatic carbocycles. The molecule has 7 heteroatoms. The average Bonchev–Trinajstić information content (AvgIpc) is 2.77. The Morgan fingerprint density at radius 2 is 1.70 bits per heavy atom. The first-order chi connectivity index (χ1) is 9.33. The highest BCUT2D eigenvalue weighted by atomic mass is 79.9. The number of sulfonamides is 1. The predicted molar refractivity (Wildman–Crippen MR) is 89.0 cm³/mol. The van der Waals surface area contributed by atoms with E-state index in [0.29, 0.717) is 5.69 Å². The SMILES string of the molecule is CC(Nc1ccc(NS(C)(=O)=O)cc1)c1ccc(Br)s1. The molecular formula is C13H15BrN2O2S2. The maximum atomic E-state index is 11.1. The van der Waals surface area contributed by atoms with Crippen LogP contribution in [-0.2, 0) is 10.0 Å². The molecule has 2 N–H and O–H groups in total. The van der Waals surface area contributed by atoms with E-state index < -0.39 is 10.0 Å². The van der Waals surface area contributed by atoms with Gasteiger partial charge in [-0.3, -0.25) is 4.72 Å². The summed E-state index contributed by atoms with van der Waals surface area (Å²) in [6, 6.07) is 11.5. The van der Waals surface area contributed by atoms with E-state index in [-0.39, 0.29) is 6.04 Å². The van der Waals surface area contributed by atoms with Crippen molar-refractivity contribution >= 4 is 48.7 Å². The van der Waals surface area contributed by atoms with E-state index in [1.54, 1.807) is 23.5 Å². The van der Waals surface area contributed by atoms with Gasteiger partial charge in [0.15, 0.2) is 0 Å². The molecule has 0 radical (unpaired) electrons. The van der Waals surface area contributed by atoms with Crippen molar-refractivity contribution in [3.05, 3.63) is 45.1 Å². The lowest BCUT2D eigenvalue weighted by atomic mass is 10.2. The van der Waals surface area contributed by atoms with Gasteiger partial charge in [-0.2, -0.15) is 0 Å². The van der Waals surface area contributed by atoms with Crippen molar-refractivity contribution in [1.29, 1.82) is 0 Å². The zero-order valence-electron chi connectivity index (χ0n) is 11.1. The highest BCUT2D eigenvalue weighted by molar-refractivity contribution is 9.11. The maximum absolute atomic E-state index is 11.1. The van der Waals surface area contributed by atoms with Crippen LogP contribution in [-0.4, -0.2) is 14.7 Å². The topological polar surface area (TPSA) is 58.2 Å². The molecule has 1 unspecified atom stereocenters. The third kappa shape index (κ3) is 4.50. The number of anilines is 2. The summed E-state index contributed by atoms with van der Waals surface area (Å²) in [5.74, 6) is 0. The van der Waals surface area contributed by atoms with Crippen LogP contribution in [0.2, 0.25) is 0 Å². The van der Waals surface area contributed by atoms with Gasteiger partial charge in [-0.15, -0.1) is 11.3 Å². The van der Waals surface area contributed by atoms with Gasteiger partial charge in [0, 0.05) is 16.3 Å². The summed E-state index contributed by atoms with van der Waals surface area (Å²) in [6.07, 6.45) is 1.13. The molecule has 108 valence electrons. The standard InChI is InChI=1S/C13H15BrN2O2S2/c1-9(12-7-8-13(14)19-12)15-10-3-5-11(6-4-10)16-20(2,17)18/h3-9,15-16H,1-2H3. The quantitative estimate of drug-likeness (QED) is 0.829. The van der Waals surface area contributed by atoms with Crippen LogP contribution >= 0.6 is 27.3 Å². The van der Waals surface area contributed by atoms with Gasteiger partial charge in [-0.05, 0) is 59.3 Å². The van der Waals surface area contributed by atoms with Gasteiger partial charge in [0.1, 0.15) is 0 Å². The van der Waals surface area contributed by atoms with E-state index in [9.17, 15) is 8.42 Å². The van der Waals surface area contributed by atoms with Gasteiger partial charge >= 0.3 is 0 Å². The van der Waals surface area contributed by atoms with Crippen LogP contribution < -0.4 is 10.0 Å². The summed E-state index contributed by atoms with van der Waals surface area (Å²) in [4.78, 5) is 1.23. The maximum Gasteiger partial charge on any atom is 0.229 e. The number of rotatable bonds is 5. The van der Waals surface area contributed by atoms with E-state index in [1.165, 1.54) is 4.88 Å². The van der Waals surface area contributed by atoms with Crippen molar-refractivity contribution in [2.75, 3.05) is 16.3 Å². The summed E-state index contributed by atoms with van der Waals surface area (Å²) in [5, 5.41) is 3.37. The molecule has 0 saturated heterocycles. The number of benzene rings is 1. The van der Waals surface area contributed by atoms with Crippen molar-refractivity contribution in [2.45, 2.75) is 13.0 Å². The molecule has 1 heterocycles. The van der Waals surface area contributed by atoms with E-state index in [1.807, 2.05) is 18.2 Å². The number of hydrogen-bond acceptors (Lipinski definition) is 4. The monoisotopic (exact) mass is 374 g/mol. The second kappa shape index (κ2) is 6.15.